The second-order valence-corrected chi connectivity index (χ2v) is 7.76. The quantitative estimate of drug-likeness (QED) is 0.242. The van der Waals surface area contributed by atoms with E-state index in [1.54, 1.807) is 0 Å². The summed E-state index contributed by atoms with van der Waals surface area (Å²) in [5, 5.41) is 0. The minimum atomic E-state index is -0.558. The fourth-order valence-electron chi connectivity index (χ4n) is 3.62. The van der Waals surface area contributed by atoms with Crippen LogP contribution in [0.1, 0.15) is 64.2 Å². The first kappa shape index (κ1) is 23.9. The lowest BCUT2D eigenvalue weighted by molar-refractivity contribution is -0.140. The molecule has 30 heavy (non-hydrogen) atoms. The van der Waals surface area contributed by atoms with E-state index >= 15 is 0 Å². The van der Waals surface area contributed by atoms with Crippen molar-refractivity contribution in [2.75, 3.05) is 39.4 Å². The molecule has 2 amide bonds. The Morgan fingerprint density at radius 1 is 0.700 bits per heavy atom. The Kier molecular flexibility index (Phi) is 11.0. The molecule has 0 aliphatic carbocycles. The molecule has 168 valence electrons. The highest BCUT2D eigenvalue weighted by Gasteiger charge is 2.19. The SMILES string of the molecule is O=C(/C=C\C(=O)OCCCCCN1CCCC1=O)OCCCCCN1CCCC1=O. The summed E-state index contributed by atoms with van der Waals surface area (Å²) in [5.41, 5.74) is 0. The molecule has 0 bridgehead atoms. The third-order valence-corrected chi connectivity index (χ3v) is 5.33. The zero-order valence-electron chi connectivity index (χ0n) is 17.8. The molecule has 0 aromatic carbocycles. The Labute approximate surface area is 178 Å². The highest BCUT2D eigenvalue weighted by Crippen LogP contribution is 2.12. The van der Waals surface area contributed by atoms with Crippen LogP contribution in [-0.4, -0.2) is 72.9 Å². The second kappa shape index (κ2) is 13.8. The van der Waals surface area contributed by atoms with E-state index in [9.17, 15) is 19.2 Å². The van der Waals surface area contributed by atoms with Gasteiger partial charge in [0.1, 0.15) is 0 Å². The highest BCUT2D eigenvalue weighted by molar-refractivity contribution is 5.91. The minimum absolute atomic E-state index is 0.233. The monoisotopic (exact) mass is 422 g/mol. The number of amides is 2. The van der Waals surface area contributed by atoms with Gasteiger partial charge >= 0.3 is 11.9 Å². The van der Waals surface area contributed by atoms with E-state index in [-0.39, 0.29) is 11.8 Å². The van der Waals surface area contributed by atoms with Crippen LogP contribution in [0.15, 0.2) is 12.2 Å². The van der Waals surface area contributed by atoms with Crippen molar-refractivity contribution < 1.29 is 28.7 Å². The van der Waals surface area contributed by atoms with Crippen molar-refractivity contribution in [3.8, 4) is 0 Å². The summed E-state index contributed by atoms with van der Waals surface area (Å²) >= 11 is 0. The van der Waals surface area contributed by atoms with Gasteiger partial charge in [0.05, 0.1) is 13.2 Å². The van der Waals surface area contributed by atoms with Crippen molar-refractivity contribution in [2.45, 2.75) is 64.2 Å². The maximum absolute atomic E-state index is 11.6. The molecule has 2 aliphatic heterocycles. The predicted molar refractivity (Wildman–Crippen MR) is 110 cm³/mol. The van der Waals surface area contributed by atoms with Gasteiger partial charge in [-0.25, -0.2) is 9.59 Å². The molecule has 2 fully saturated rings. The van der Waals surface area contributed by atoms with E-state index in [4.69, 9.17) is 9.47 Å². The summed E-state index contributed by atoms with van der Waals surface area (Å²) in [5.74, 6) is -0.650. The number of esters is 2. The number of hydrogen-bond donors (Lipinski definition) is 0. The third-order valence-electron chi connectivity index (χ3n) is 5.33. The molecular formula is C22H34N2O6. The molecular weight excluding hydrogens is 388 g/mol. The van der Waals surface area contributed by atoms with Gasteiger partial charge in [-0.05, 0) is 51.4 Å². The number of likely N-dealkylation sites (tertiary alicyclic amines) is 2. The number of carbonyl (C=O) groups excluding carboxylic acids is 4. The van der Waals surface area contributed by atoms with Gasteiger partial charge in [-0.1, -0.05) is 0 Å². The van der Waals surface area contributed by atoms with Crippen molar-refractivity contribution in [1.29, 1.82) is 0 Å². The van der Waals surface area contributed by atoms with Crippen LogP contribution >= 0.6 is 0 Å². The van der Waals surface area contributed by atoms with Crippen molar-refractivity contribution in [1.82, 2.24) is 9.80 Å². The first-order valence-electron chi connectivity index (χ1n) is 11.1. The van der Waals surface area contributed by atoms with Crippen LogP contribution in [0.25, 0.3) is 0 Å². The van der Waals surface area contributed by atoms with Crippen LogP contribution in [0.4, 0.5) is 0 Å². The largest absolute Gasteiger partial charge is 0.463 e. The number of ether oxygens (including phenoxy) is 2. The molecule has 2 rings (SSSR count). The average Bonchev–Trinajstić information content (AvgIpc) is 3.33. The molecule has 0 radical (unpaired) electrons. The summed E-state index contributed by atoms with van der Waals surface area (Å²) in [7, 11) is 0. The first-order valence-corrected chi connectivity index (χ1v) is 11.1. The van der Waals surface area contributed by atoms with Gasteiger partial charge in [0, 0.05) is 51.2 Å². The van der Waals surface area contributed by atoms with Crippen LogP contribution in [0, 0.1) is 0 Å². The van der Waals surface area contributed by atoms with Crippen LogP contribution in [0.3, 0.4) is 0 Å². The molecule has 8 nitrogen and oxygen atoms in total. The Morgan fingerprint density at radius 2 is 1.13 bits per heavy atom. The highest BCUT2D eigenvalue weighted by atomic mass is 16.5. The van der Waals surface area contributed by atoms with Crippen molar-refractivity contribution in [3.05, 3.63) is 12.2 Å². The molecule has 0 aromatic rings. The zero-order chi connectivity index (χ0) is 21.6. The van der Waals surface area contributed by atoms with Gasteiger partial charge in [0.15, 0.2) is 0 Å². The van der Waals surface area contributed by atoms with E-state index < -0.39 is 11.9 Å². The van der Waals surface area contributed by atoms with Crippen LogP contribution in [0.2, 0.25) is 0 Å². The van der Waals surface area contributed by atoms with Crippen LogP contribution in [-0.2, 0) is 28.7 Å². The topological polar surface area (TPSA) is 93.2 Å². The van der Waals surface area contributed by atoms with Gasteiger partial charge in [-0.2, -0.15) is 0 Å². The van der Waals surface area contributed by atoms with Gasteiger partial charge in [-0.15, -0.1) is 0 Å². The number of carbonyl (C=O) groups is 4. The molecule has 0 spiro atoms. The third kappa shape index (κ3) is 9.41. The van der Waals surface area contributed by atoms with Gasteiger partial charge in [0.2, 0.25) is 11.8 Å². The Balaban J connectivity index is 1.40. The molecule has 0 N–H and O–H groups in total. The van der Waals surface area contributed by atoms with E-state index in [1.807, 2.05) is 9.80 Å². The second-order valence-electron chi connectivity index (χ2n) is 7.76. The lowest BCUT2D eigenvalue weighted by atomic mass is 10.2. The van der Waals surface area contributed by atoms with Gasteiger partial charge in [0.25, 0.3) is 0 Å². The Morgan fingerprint density at radius 3 is 1.50 bits per heavy atom. The summed E-state index contributed by atoms with van der Waals surface area (Å²) < 4.78 is 10.1. The van der Waals surface area contributed by atoms with Crippen molar-refractivity contribution >= 4 is 23.8 Å². The molecule has 8 heteroatoms. The smallest absolute Gasteiger partial charge is 0.331 e. The number of hydrogen-bond acceptors (Lipinski definition) is 6. The summed E-state index contributed by atoms with van der Waals surface area (Å²) in [6.45, 7) is 3.85. The maximum Gasteiger partial charge on any atom is 0.331 e. The first-order chi connectivity index (χ1) is 14.6. The molecule has 0 aromatic heterocycles. The minimum Gasteiger partial charge on any atom is -0.463 e. The number of nitrogens with zero attached hydrogens (tertiary/aromatic N) is 2. The molecule has 2 saturated heterocycles. The van der Waals surface area contributed by atoms with Crippen molar-refractivity contribution in [2.24, 2.45) is 0 Å². The summed E-state index contributed by atoms with van der Waals surface area (Å²) in [6, 6.07) is 0. The lowest BCUT2D eigenvalue weighted by Crippen LogP contribution is -2.25. The summed E-state index contributed by atoms with van der Waals surface area (Å²) in [4.78, 5) is 49.9. The fraction of sp³-hybridized carbons (Fsp3) is 0.727. The Hall–Kier alpha value is -2.38. The normalized spacial score (nSPS) is 16.7. The number of rotatable bonds is 14. The average molecular weight is 423 g/mol. The lowest BCUT2D eigenvalue weighted by Gasteiger charge is -2.14. The molecule has 0 unspecified atom stereocenters. The van der Waals surface area contributed by atoms with E-state index in [0.717, 1.165) is 89.7 Å². The fourth-order valence-corrected chi connectivity index (χ4v) is 3.62. The Bertz CT molecular complexity index is 567. The molecule has 2 heterocycles. The van der Waals surface area contributed by atoms with E-state index in [1.165, 1.54) is 0 Å². The summed E-state index contributed by atoms with van der Waals surface area (Å²) in [6.07, 6.45) is 10.4. The van der Waals surface area contributed by atoms with E-state index in [0.29, 0.717) is 26.1 Å². The van der Waals surface area contributed by atoms with Crippen molar-refractivity contribution in [3.63, 3.8) is 0 Å². The molecule has 0 saturated carbocycles. The maximum atomic E-state index is 11.6. The molecule has 0 atom stereocenters. The number of unbranched alkanes of at least 4 members (excludes halogenated alkanes) is 4. The van der Waals surface area contributed by atoms with E-state index in [2.05, 4.69) is 0 Å². The van der Waals surface area contributed by atoms with Crippen LogP contribution in [0.5, 0.6) is 0 Å². The van der Waals surface area contributed by atoms with Crippen LogP contribution < -0.4 is 0 Å². The van der Waals surface area contributed by atoms with Gasteiger partial charge in [-0.3, -0.25) is 9.59 Å². The zero-order valence-corrected chi connectivity index (χ0v) is 17.8. The standard InChI is InChI=1S/C22H34N2O6/c25-19-9-7-15-23(19)13-3-1-5-17-29-21(27)11-12-22(28)30-18-6-2-4-14-24-16-8-10-20(24)26/h11-12H,1-10,13-18H2/b12-11-. The van der Waals surface area contributed by atoms with Gasteiger partial charge < -0.3 is 19.3 Å². The molecule has 2 aliphatic rings. The predicted octanol–water partition coefficient (Wildman–Crippen LogP) is 2.21.